The number of alkyl halides is 2. The summed E-state index contributed by atoms with van der Waals surface area (Å²) in [6.45, 7) is 2.26. The van der Waals surface area contributed by atoms with E-state index in [2.05, 4.69) is 31.9 Å². The van der Waals surface area contributed by atoms with Gasteiger partial charge in [-0.2, -0.15) is 0 Å². The van der Waals surface area contributed by atoms with Crippen molar-refractivity contribution in [2.24, 2.45) is 5.92 Å². The fraction of sp³-hybridized carbons (Fsp3) is 0.833. The summed E-state index contributed by atoms with van der Waals surface area (Å²) in [4.78, 5) is 10.9. The van der Waals surface area contributed by atoms with Gasteiger partial charge in [0.1, 0.15) is 0 Å². The summed E-state index contributed by atoms with van der Waals surface area (Å²) in [5.41, 5.74) is 0. The lowest BCUT2D eigenvalue weighted by molar-refractivity contribution is -0.146. The van der Waals surface area contributed by atoms with Gasteiger partial charge in [0.2, 0.25) is 0 Å². The van der Waals surface area contributed by atoms with Crippen LogP contribution in [0.3, 0.4) is 0 Å². The van der Waals surface area contributed by atoms with Crippen LogP contribution in [0.15, 0.2) is 0 Å². The van der Waals surface area contributed by atoms with Gasteiger partial charge in [0.25, 0.3) is 0 Å². The second-order valence-electron chi connectivity index (χ2n) is 1.76. The lowest BCUT2D eigenvalue weighted by Crippen LogP contribution is -2.20. The molecule has 2 nitrogen and oxygen atoms in total. The van der Waals surface area contributed by atoms with Gasteiger partial charge >= 0.3 is 5.97 Å². The molecule has 0 radical (unpaired) electrons. The van der Waals surface area contributed by atoms with Crippen molar-refractivity contribution in [1.29, 1.82) is 0 Å². The van der Waals surface area contributed by atoms with E-state index < -0.39 is 0 Å². The van der Waals surface area contributed by atoms with Crippen LogP contribution in [0.2, 0.25) is 0 Å². The summed E-state index contributed by atoms with van der Waals surface area (Å²) in [6, 6.07) is 0. The Morgan fingerprint density at radius 1 is 1.50 bits per heavy atom. The van der Waals surface area contributed by atoms with Crippen molar-refractivity contribution >= 4 is 37.8 Å². The molecule has 0 unspecified atom stereocenters. The van der Waals surface area contributed by atoms with E-state index >= 15 is 0 Å². The molecule has 0 aromatic carbocycles. The Hall–Kier alpha value is 0.430. The third kappa shape index (κ3) is 3.56. The highest BCUT2D eigenvalue weighted by atomic mass is 79.9. The van der Waals surface area contributed by atoms with E-state index in [0.29, 0.717) is 17.3 Å². The van der Waals surface area contributed by atoms with Crippen LogP contribution in [0.25, 0.3) is 0 Å². The second-order valence-corrected chi connectivity index (χ2v) is 3.05. The van der Waals surface area contributed by atoms with Crippen LogP contribution in [-0.4, -0.2) is 23.2 Å². The molecule has 4 heteroatoms. The molecule has 0 rings (SSSR count). The van der Waals surface area contributed by atoms with Gasteiger partial charge in [0, 0.05) is 10.7 Å². The van der Waals surface area contributed by atoms with Gasteiger partial charge in [-0.05, 0) is 6.92 Å². The third-order valence-electron chi connectivity index (χ3n) is 0.992. The van der Waals surface area contributed by atoms with Crippen molar-refractivity contribution in [2.45, 2.75) is 6.92 Å². The molecular formula is C6H10Br2O2. The van der Waals surface area contributed by atoms with Crippen molar-refractivity contribution in [2.75, 3.05) is 17.3 Å². The number of carbonyl (C=O) groups excluding carboxylic acids is 1. The topological polar surface area (TPSA) is 26.3 Å². The van der Waals surface area contributed by atoms with Gasteiger partial charge in [0.15, 0.2) is 0 Å². The predicted octanol–water partition coefficient (Wildman–Crippen LogP) is 1.96. The van der Waals surface area contributed by atoms with Gasteiger partial charge in [-0.1, -0.05) is 31.9 Å². The lowest BCUT2D eigenvalue weighted by Gasteiger charge is -2.07. The molecule has 0 aliphatic heterocycles. The number of hydrogen-bond acceptors (Lipinski definition) is 2. The Bertz CT molecular complexity index is 102. The molecule has 0 aromatic heterocycles. The summed E-state index contributed by atoms with van der Waals surface area (Å²) in [5.74, 6) is -0.198. The minimum atomic E-state index is -0.142. The molecule has 0 heterocycles. The minimum absolute atomic E-state index is 0.0556. The number of esters is 1. The van der Waals surface area contributed by atoms with Gasteiger partial charge in [-0.3, -0.25) is 4.79 Å². The first-order chi connectivity index (χ1) is 4.76. The number of hydrogen-bond donors (Lipinski definition) is 0. The molecule has 10 heavy (non-hydrogen) atoms. The fourth-order valence-corrected chi connectivity index (χ4v) is 2.03. The van der Waals surface area contributed by atoms with Crippen molar-refractivity contribution in [1.82, 2.24) is 0 Å². The summed E-state index contributed by atoms with van der Waals surface area (Å²) in [6.07, 6.45) is 0. The zero-order valence-corrected chi connectivity index (χ0v) is 8.94. The van der Waals surface area contributed by atoms with Gasteiger partial charge in [0.05, 0.1) is 12.5 Å². The van der Waals surface area contributed by atoms with Crippen molar-refractivity contribution in [3.63, 3.8) is 0 Å². The molecule has 0 atom stereocenters. The quantitative estimate of drug-likeness (QED) is 0.578. The summed E-state index contributed by atoms with van der Waals surface area (Å²) in [7, 11) is 0. The molecule has 0 N–H and O–H groups in total. The molecule has 0 aromatic rings. The second kappa shape index (κ2) is 6.16. The molecular weight excluding hydrogens is 264 g/mol. The van der Waals surface area contributed by atoms with Crippen LogP contribution in [0.5, 0.6) is 0 Å². The number of ether oxygens (including phenoxy) is 1. The molecule has 0 spiro atoms. The molecule has 0 amide bonds. The zero-order valence-electron chi connectivity index (χ0n) is 5.77. The largest absolute Gasteiger partial charge is 0.466 e. The maximum Gasteiger partial charge on any atom is 0.310 e. The summed E-state index contributed by atoms with van der Waals surface area (Å²) >= 11 is 6.43. The van der Waals surface area contributed by atoms with Crippen LogP contribution in [0.1, 0.15) is 6.92 Å². The Balaban J connectivity index is 3.65. The maximum atomic E-state index is 10.9. The van der Waals surface area contributed by atoms with Crippen LogP contribution in [0, 0.1) is 5.92 Å². The van der Waals surface area contributed by atoms with Crippen molar-refractivity contribution in [3.05, 3.63) is 0 Å². The molecule has 0 bridgehead atoms. The summed E-state index contributed by atoms with van der Waals surface area (Å²) in [5, 5.41) is 1.30. The van der Waals surface area contributed by atoms with Crippen molar-refractivity contribution < 1.29 is 9.53 Å². The minimum Gasteiger partial charge on any atom is -0.466 e. The predicted molar refractivity (Wildman–Crippen MR) is 47.7 cm³/mol. The molecule has 0 saturated heterocycles. The smallest absolute Gasteiger partial charge is 0.310 e. The average molecular weight is 274 g/mol. The SMILES string of the molecule is CCOC(=O)C(CBr)CBr. The first-order valence-electron chi connectivity index (χ1n) is 3.04. The van der Waals surface area contributed by atoms with E-state index in [0.717, 1.165) is 0 Å². The highest BCUT2D eigenvalue weighted by Crippen LogP contribution is 2.07. The van der Waals surface area contributed by atoms with E-state index in [9.17, 15) is 4.79 Å². The van der Waals surface area contributed by atoms with E-state index in [1.165, 1.54) is 0 Å². The number of carbonyl (C=O) groups is 1. The average Bonchev–Trinajstić information content (AvgIpc) is 1.91. The van der Waals surface area contributed by atoms with E-state index in [1.807, 2.05) is 0 Å². The Kier molecular flexibility index (Phi) is 6.43. The van der Waals surface area contributed by atoms with Crippen LogP contribution in [0.4, 0.5) is 0 Å². The first-order valence-corrected chi connectivity index (χ1v) is 5.29. The fourth-order valence-electron chi connectivity index (χ4n) is 0.427. The molecule has 0 aliphatic rings. The van der Waals surface area contributed by atoms with Gasteiger partial charge < -0.3 is 4.74 Å². The molecule has 0 aliphatic carbocycles. The highest BCUT2D eigenvalue weighted by molar-refractivity contribution is 9.09. The molecule has 0 saturated carbocycles. The monoisotopic (exact) mass is 272 g/mol. The maximum absolute atomic E-state index is 10.9. The van der Waals surface area contributed by atoms with Crippen molar-refractivity contribution in [3.8, 4) is 0 Å². The number of rotatable bonds is 4. The van der Waals surface area contributed by atoms with E-state index in [4.69, 9.17) is 4.74 Å². The van der Waals surface area contributed by atoms with Gasteiger partial charge in [-0.15, -0.1) is 0 Å². The Morgan fingerprint density at radius 3 is 2.30 bits per heavy atom. The first kappa shape index (κ1) is 10.4. The standard InChI is InChI=1S/C6H10Br2O2/c1-2-10-6(9)5(3-7)4-8/h5H,2-4H2,1H3. The normalized spacial score (nSPS) is 10.0. The Morgan fingerprint density at radius 2 is 2.00 bits per heavy atom. The van der Waals surface area contributed by atoms with E-state index in [-0.39, 0.29) is 11.9 Å². The lowest BCUT2D eigenvalue weighted by atomic mass is 10.2. The van der Waals surface area contributed by atoms with Crippen LogP contribution >= 0.6 is 31.9 Å². The third-order valence-corrected chi connectivity index (χ3v) is 2.56. The zero-order chi connectivity index (χ0) is 7.98. The van der Waals surface area contributed by atoms with Crippen LogP contribution in [-0.2, 0) is 9.53 Å². The highest BCUT2D eigenvalue weighted by Gasteiger charge is 2.15. The molecule has 60 valence electrons. The van der Waals surface area contributed by atoms with E-state index in [1.54, 1.807) is 6.92 Å². The van der Waals surface area contributed by atoms with Crippen LogP contribution < -0.4 is 0 Å². The van der Waals surface area contributed by atoms with Gasteiger partial charge in [-0.25, -0.2) is 0 Å². The number of halogens is 2. The summed E-state index contributed by atoms with van der Waals surface area (Å²) < 4.78 is 4.79. The molecule has 0 fully saturated rings. The Labute approximate surface area is 77.6 Å².